The van der Waals surface area contributed by atoms with Crippen molar-refractivity contribution in [2.45, 2.75) is 19.4 Å². The van der Waals surface area contributed by atoms with Crippen molar-refractivity contribution in [2.75, 3.05) is 13.7 Å². The predicted molar refractivity (Wildman–Crippen MR) is 68.3 cm³/mol. The van der Waals surface area contributed by atoms with Crippen molar-refractivity contribution >= 4 is 11.9 Å². The molecular weight excluding hydrogens is 250 g/mol. The van der Waals surface area contributed by atoms with Gasteiger partial charge in [-0.1, -0.05) is 11.6 Å². The smallest absolute Gasteiger partial charge is 0.326 e. The molecule has 0 unspecified atom stereocenters. The maximum atomic E-state index is 12.0. The van der Waals surface area contributed by atoms with Crippen LogP contribution >= 0.6 is 0 Å². The molecule has 1 rings (SSSR count). The molecule has 1 amide bonds. The number of aliphatic hydroxyl groups is 1. The summed E-state index contributed by atoms with van der Waals surface area (Å²) < 4.78 is 5.07. The van der Waals surface area contributed by atoms with Crippen molar-refractivity contribution < 1.29 is 24.5 Å². The number of aliphatic hydroxyl groups excluding tert-OH is 1. The van der Waals surface area contributed by atoms with Crippen LogP contribution in [-0.2, 0) is 4.79 Å². The Bertz CT molecular complexity index is 472. The van der Waals surface area contributed by atoms with E-state index < -0.39 is 17.9 Å². The molecule has 0 aromatic heterocycles. The van der Waals surface area contributed by atoms with Crippen LogP contribution in [0.5, 0.6) is 5.75 Å². The highest BCUT2D eigenvalue weighted by Gasteiger charge is 2.21. The number of methoxy groups -OCH3 is 1. The van der Waals surface area contributed by atoms with Crippen LogP contribution in [0.15, 0.2) is 18.2 Å². The Morgan fingerprint density at radius 2 is 2.11 bits per heavy atom. The molecule has 0 fully saturated rings. The Labute approximate surface area is 111 Å². The molecule has 0 aliphatic rings. The molecule has 6 heteroatoms. The molecule has 6 nitrogen and oxygen atoms in total. The first kappa shape index (κ1) is 15.0. The monoisotopic (exact) mass is 267 g/mol. The lowest BCUT2D eigenvalue weighted by Crippen LogP contribution is -2.41. The number of amides is 1. The highest BCUT2D eigenvalue weighted by atomic mass is 16.5. The maximum absolute atomic E-state index is 12.0. The van der Waals surface area contributed by atoms with Crippen LogP contribution in [0.3, 0.4) is 0 Å². The molecule has 19 heavy (non-hydrogen) atoms. The van der Waals surface area contributed by atoms with E-state index in [1.807, 2.05) is 6.92 Å². The van der Waals surface area contributed by atoms with E-state index in [1.165, 1.54) is 7.11 Å². The van der Waals surface area contributed by atoms with Gasteiger partial charge in [0.25, 0.3) is 5.91 Å². The number of aliphatic carboxylic acids is 1. The SMILES string of the molecule is COc1ccc(C)cc1C(=O)N[C@H](CCO)C(=O)O. The second-order valence-corrected chi connectivity index (χ2v) is 4.08. The van der Waals surface area contributed by atoms with Crippen LogP contribution in [0, 0.1) is 6.92 Å². The van der Waals surface area contributed by atoms with E-state index in [1.54, 1.807) is 18.2 Å². The molecule has 0 spiro atoms. The van der Waals surface area contributed by atoms with E-state index in [9.17, 15) is 9.59 Å². The summed E-state index contributed by atoms with van der Waals surface area (Å²) in [5.74, 6) is -1.35. The third-order valence-corrected chi connectivity index (χ3v) is 2.62. The first-order chi connectivity index (χ1) is 8.99. The predicted octanol–water partition coefficient (Wildman–Crippen LogP) is 0.569. The summed E-state index contributed by atoms with van der Waals surface area (Å²) in [4.78, 5) is 23.0. The van der Waals surface area contributed by atoms with Gasteiger partial charge in [0.15, 0.2) is 0 Å². The molecular formula is C13H17NO5. The Kier molecular flexibility index (Phi) is 5.32. The summed E-state index contributed by atoms with van der Waals surface area (Å²) in [5.41, 5.74) is 1.13. The zero-order valence-corrected chi connectivity index (χ0v) is 10.8. The number of ether oxygens (including phenoxy) is 1. The standard InChI is InChI=1S/C13H17NO5/c1-8-3-4-11(19-2)9(7-8)12(16)14-10(5-6-15)13(17)18/h3-4,7,10,15H,5-6H2,1-2H3,(H,14,16)(H,17,18)/t10-/m1/s1. The molecule has 1 aromatic carbocycles. The average Bonchev–Trinajstić information content (AvgIpc) is 2.37. The highest BCUT2D eigenvalue weighted by molar-refractivity contribution is 5.99. The number of carboxylic acids is 1. The molecule has 0 bridgehead atoms. The number of hydrogen-bond acceptors (Lipinski definition) is 4. The normalized spacial score (nSPS) is 11.7. The van der Waals surface area contributed by atoms with E-state index in [0.29, 0.717) is 5.75 Å². The van der Waals surface area contributed by atoms with Crippen molar-refractivity contribution in [2.24, 2.45) is 0 Å². The quantitative estimate of drug-likeness (QED) is 0.700. The number of aryl methyl sites for hydroxylation is 1. The van der Waals surface area contributed by atoms with E-state index >= 15 is 0 Å². The largest absolute Gasteiger partial charge is 0.496 e. The van der Waals surface area contributed by atoms with Crippen molar-refractivity contribution in [3.63, 3.8) is 0 Å². The zero-order valence-electron chi connectivity index (χ0n) is 10.8. The van der Waals surface area contributed by atoms with Gasteiger partial charge < -0.3 is 20.3 Å². The van der Waals surface area contributed by atoms with Crippen molar-refractivity contribution in [1.29, 1.82) is 0 Å². The van der Waals surface area contributed by atoms with Gasteiger partial charge >= 0.3 is 5.97 Å². The summed E-state index contributed by atoms with van der Waals surface area (Å²) >= 11 is 0. The molecule has 0 aliphatic carbocycles. The van der Waals surface area contributed by atoms with E-state index in [4.69, 9.17) is 14.9 Å². The van der Waals surface area contributed by atoms with E-state index in [0.717, 1.165) is 5.56 Å². The van der Waals surface area contributed by atoms with E-state index in [-0.39, 0.29) is 18.6 Å². The number of carbonyl (C=O) groups excluding carboxylic acids is 1. The van der Waals surface area contributed by atoms with Gasteiger partial charge in [-0.15, -0.1) is 0 Å². The van der Waals surface area contributed by atoms with Crippen LogP contribution in [0.25, 0.3) is 0 Å². The van der Waals surface area contributed by atoms with Gasteiger partial charge in [0.2, 0.25) is 0 Å². The first-order valence-electron chi connectivity index (χ1n) is 5.78. The fourth-order valence-electron chi connectivity index (χ4n) is 1.62. The number of benzene rings is 1. The van der Waals surface area contributed by atoms with Crippen LogP contribution < -0.4 is 10.1 Å². The summed E-state index contributed by atoms with van der Waals surface area (Å²) in [6, 6.07) is 3.93. The lowest BCUT2D eigenvalue weighted by molar-refractivity contribution is -0.139. The highest BCUT2D eigenvalue weighted by Crippen LogP contribution is 2.19. The minimum atomic E-state index is -1.19. The fourth-order valence-corrected chi connectivity index (χ4v) is 1.62. The van der Waals surface area contributed by atoms with Gasteiger partial charge in [-0.2, -0.15) is 0 Å². The Morgan fingerprint density at radius 3 is 2.63 bits per heavy atom. The van der Waals surface area contributed by atoms with Crippen molar-refractivity contribution in [3.05, 3.63) is 29.3 Å². The minimum Gasteiger partial charge on any atom is -0.496 e. The lowest BCUT2D eigenvalue weighted by Gasteiger charge is -2.15. The van der Waals surface area contributed by atoms with Crippen LogP contribution in [0.4, 0.5) is 0 Å². The number of rotatable bonds is 6. The minimum absolute atomic E-state index is 0.0464. The van der Waals surface area contributed by atoms with Gasteiger partial charge in [0.1, 0.15) is 11.8 Å². The van der Waals surface area contributed by atoms with Gasteiger partial charge in [0.05, 0.1) is 12.7 Å². The third-order valence-electron chi connectivity index (χ3n) is 2.62. The number of carboxylic acid groups (broad SMARTS) is 1. The summed E-state index contributed by atoms with van der Waals surface area (Å²) in [6.07, 6.45) is -0.0464. The van der Waals surface area contributed by atoms with Crippen LogP contribution in [-0.4, -0.2) is 41.8 Å². The summed E-state index contributed by atoms with van der Waals surface area (Å²) in [5, 5.41) is 20.1. The molecule has 1 aromatic rings. The lowest BCUT2D eigenvalue weighted by atomic mass is 10.1. The first-order valence-corrected chi connectivity index (χ1v) is 5.78. The second kappa shape index (κ2) is 6.75. The van der Waals surface area contributed by atoms with Crippen LogP contribution in [0.1, 0.15) is 22.3 Å². The average molecular weight is 267 g/mol. The summed E-state index contributed by atoms with van der Waals surface area (Å²) in [6.45, 7) is 1.50. The second-order valence-electron chi connectivity index (χ2n) is 4.08. The molecule has 0 heterocycles. The number of carbonyl (C=O) groups is 2. The molecule has 1 atom stereocenters. The van der Waals surface area contributed by atoms with Gasteiger partial charge in [-0.05, 0) is 19.1 Å². The van der Waals surface area contributed by atoms with Gasteiger partial charge in [0, 0.05) is 13.0 Å². The molecule has 0 saturated heterocycles. The molecule has 0 aliphatic heterocycles. The summed E-state index contributed by atoms with van der Waals surface area (Å²) in [7, 11) is 1.43. The third kappa shape index (κ3) is 3.96. The van der Waals surface area contributed by atoms with Crippen LogP contribution in [0.2, 0.25) is 0 Å². The molecule has 3 N–H and O–H groups in total. The Hall–Kier alpha value is -2.08. The Morgan fingerprint density at radius 1 is 1.42 bits per heavy atom. The number of hydrogen-bond donors (Lipinski definition) is 3. The molecule has 104 valence electrons. The zero-order chi connectivity index (χ0) is 14.4. The topological polar surface area (TPSA) is 95.9 Å². The molecule has 0 saturated carbocycles. The molecule has 0 radical (unpaired) electrons. The fraction of sp³-hybridized carbons (Fsp3) is 0.385. The van der Waals surface area contributed by atoms with Gasteiger partial charge in [-0.3, -0.25) is 4.79 Å². The number of nitrogens with one attached hydrogen (secondary N) is 1. The van der Waals surface area contributed by atoms with Gasteiger partial charge in [-0.25, -0.2) is 4.79 Å². The Balaban J connectivity index is 2.93. The van der Waals surface area contributed by atoms with E-state index in [2.05, 4.69) is 5.32 Å². The maximum Gasteiger partial charge on any atom is 0.326 e. The van der Waals surface area contributed by atoms with Crippen molar-refractivity contribution in [1.82, 2.24) is 5.32 Å². The van der Waals surface area contributed by atoms with Crippen molar-refractivity contribution in [3.8, 4) is 5.75 Å².